The SMILES string of the molecule is NC(=O)[C@@H]1c2ccccc2-c2c(C(=O)n3ncc4ccccc43)cccc21. The maximum atomic E-state index is 13.4. The molecule has 1 aliphatic rings. The predicted molar refractivity (Wildman–Crippen MR) is 102 cm³/mol. The molecular formula is C22H15N3O2. The fraction of sp³-hybridized carbons (Fsp3) is 0.0455. The number of nitrogens with two attached hydrogens (primary N) is 1. The highest BCUT2D eigenvalue weighted by Gasteiger charge is 2.35. The average molecular weight is 353 g/mol. The van der Waals surface area contributed by atoms with Gasteiger partial charge in [-0.05, 0) is 34.4 Å². The lowest BCUT2D eigenvalue weighted by atomic mass is 9.95. The number of benzene rings is 3. The number of hydrogen-bond donors (Lipinski definition) is 1. The Labute approximate surface area is 155 Å². The zero-order valence-corrected chi connectivity index (χ0v) is 14.3. The first-order chi connectivity index (χ1) is 13.2. The summed E-state index contributed by atoms with van der Waals surface area (Å²) in [5.74, 6) is -1.19. The number of carbonyl (C=O) groups is 2. The van der Waals surface area contributed by atoms with Crippen LogP contribution in [0.15, 0.2) is 72.9 Å². The van der Waals surface area contributed by atoms with Crippen LogP contribution in [-0.2, 0) is 4.79 Å². The molecule has 5 heteroatoms. The Morgan fingerprint density at radius 1 is 0.889 bits per heavy atom. The zero-order chi connectivity index (χ0) is 18.5. The Morgan fingerprint density at radius 2 is 1.63 bits per heavy atom. The molecule has 5 nitrogen and oxygen atoms in total. The minimum atomic E-state index is -0.543. The van der Waals surface area contributed by atoms with E-state index in [9.17, 15) is 9.59 Å². The van der Waals surface area contributed by atoms with E-state index in [1.807, 2.05) is 54.6 Å². The van der Waals surface area contributed by atoms with Gasteiger partial charge in [0.1, 0.15) is 0 Å². The fourth-order valence-corrected chi connectivity index (χ4v) is 3.99. The minimum Gasteiger partial charge on any atom is -0.369 e. The molecule has 4 aromatic rings. The highest BCUT2D eigenvalue weighted by Crippen LogP contribution is 2.46. The Morgan fingerprint density at radius 3 is 2.48 bits per heavy atom. The minimum absolute atomic E-state index is 0.229. The Bertz CT molecular complexity index is 1240. The topological polar surface area (TPSA) is 78.0 Å². The molecule has 0 unspecified atom stereocenters. The van der Waals surface area contributed by atoms with Gasteiger partial charge >= 0.3 is 0 Å². The van der Waals surface area contributed by atoms with Crippen molar-refractivity contribution in [1.29, 1.82) is 0 Å². The molecule has 1 aromatic heterocycles. The van der Waals surface area contributed by atoms with Crippen LogP contribution in [-0.4, -0.2) is 21.6 Å². The number of nitrogens with zero attached hydrogens (tertiary/aromatic N) is 2. The first-order valence-electron chi connectivity index (χ1n) is 8.66. The number of aromatic nitrogens is 2. The van der Waals surface area contributed by atoms with Gasteiger partial charge in [-0.15, -0.1) is 0 Å². The summed E-state index contributed by atoms with van der Waals surface area (Å²) in [4.78, 5) is 25.5. The van der Waals surface area contributed by atoms with Gasteiger partial charge in [0, 0.05) is 10.9 Å². The molecule has 2 N–H and O–H groups in total. The van der Waals surface area contributed by atoms with Crippen LogP contribution in [0, 0.1) is 0 Å². The lowest BCUT2D eigenvalue weighted by molar-refractivity contribution is -0.118. The number of primary amides is 1. The Hall–Kier alpha value is -3.73. The molecule has 1 atom stereocenters. The van der Waals surface area contributed by atoms with E-state index < -0.39 is 11.8 Å². The standard InChI is InChI=1S/C22H15N3O2/c23-21(26)20-15-8-3-2-7-14(15)19-16(20)9-5-10-17(19)22(27)25-18-11-4-1-6-13(18)12-24-25/h1-12,20H,(H2,23,26)/t20-/m1/s1. The summed E-state index contributed by atoms with van der Waals surface area (Å²) in [7, 11) is 0. The number of amides is 1. The second-order valence-corrected chi connectivity index (χ2v) is 6.61. The average Bonchev–Trinajstić information content (AvgIpc) is 3.26. The van der Waals surface area contributed by atoms with Gasteiger partial charge in [-0.25, -0.2) is 0 Å². The molecule has 0 saturated carbocycles. The van der Waals surface area contributed by atoms with Crippen molar-refractivity contribution in [2.75, 3.05) is 0 Å². The van der Waals surface area contributed by atoms with Crippen LogP contribution in [0.5, 0.6) is 0 Å². The Balaban J connectivity index is 1.75. The van der Waals surface area contributed by atoms with Crippen molar-refractivity contribution >= 4 is 22.7 Å². The van der Waals surface area contributed by atoms with E-state index in [4.69, 9.17) is 5.73 Å². The molecule has 1 heterocycles. The largest absolute Gasteiger partial charge is 0.369 e. The van der Waals surface area contributed by atoms with E-state index in [-0.39, 0.29) is 5.91 Å². The molecule has 0 fully saturated rings. The van der Waals surface area contributed by atoms with E-state index in [1.54, 1.807) is 18.3 Å². The second-order valence-electron chi connectivity index (χ2n) is 6.61. The van der Waals surface area contributed by atoms with Gasteiger partial charge < -0.3 is 5.73 Å². The summed E-state index contributed by atoms with van der Waals surface area (Å²) in [6.07, 6.45) is 1.68. The van der Waals surface area contributed by atoms with Gasteiger partial charge in [0.2, 0.25) is 5.91 Å². The number of rotatable bonds is 2. The molecule has 0 aliphatic heterocycles. The van der Waals surface area contributed by atoms with Crippen molar-refractivity contribution < 1.29 is 9.59 Å². The highest BCUT2D eigenvalue weighted by atomic mass is 16.2. The molecular weight excluding hydrogens is 338 g/mol. The monoisotopic (exact) mass is 353 g/mol. The van der Waals surface area contributed by atoms with E-state index in [0.29, 0.717) is 5.56 Å². The van der Waals surface area contributed by atoms with Crippen LogP contribution >= 0.6 is 0 Å². The predicted octanol–water partition coefficient (Wildman–Crippen LogP) is 3.32. The van der Waals surface area contributed by atoms with Crippen LogP contribution in [0.1, 0.15) is 27.4 Å². The third-order valence-electron chi connectivity index (χ3n) is 5.13. The summed E-state index contributed by atoms with van der Waals surface area (Å²) in [6, 6.07) is 20.6. The van der Waals surface area contributed by atoms with Crippen LogP contribution in [0.3, 0.4) is 0 Å². The maximum Gasteiger partial charge on any atom is 0.279 e. The number of carbonyl (C=O) groups excluding carboxylic acids is 2. The molecule has 27 heavy (non-hydrogen) atoms. The van der Waals surface area contributed by atoms with Crippen LogP contribution in [0.4, 0.5) is 0 Å². The number of hydrogen-bond acceptors (Lipinski definition) is 3. The molecule has 0 bridgehead atoms. The highest BCUT2D eigenvalue weighted by molar-refractivity contribution is 6.09. The van der Waals surface area contributed by atoms with Gasteiger partial charge in [-0.3, -0.25) is 9.59 Å². The molecule has 1 amide bonds. The van der Waals surface area contributed by atoms with Gasteiger partial charge in [0.15, 0.2) is 0 Å². The molecule has 5 rings (SSSR count). The summed E-state index contributed by atoms with van der Waals surface area (Å²) < 4.78 is 1.41. The second kappa shape index (κ2) is 5.64. The van der Waals surface area contributed by atoms with Gasteiger partial charge in [-0.2, -0.15) is 9.78 Å². The van der Waals surface area contributed by atoms with Crippen LogP contribution < -0.4 is 5.73 Å². The molecule has 0 saturated heterocycles. The first kappa shape index (κ1) is 15.5. The van der Waals surface area contributed by atoms with Crippen molar-refractivity contribution in [3.8, 4) is 11.1 Å². The zero-order valence-electron chi connectivity index (χ0n) is 14.3. The van der Waals surface area contributed by atoms with Crippen LogP contribution in [0.2, 0.25) is 0 Å². The number of para-hydroxylation sites is 1. The van der Waals surface area contributed by atoms with Crippen molar-refractivity contribution in [3.05, 3.63) is 89.6 Å². The summed E-state index contributed by atoms with van der Waals surface area (Å²) >= 11 is 0. The van der Waals surface area contributed by atoms with E-state index in [1.165, 1.54) is 4.68 Å². The van der Waals surface area contributed by atoms with E-state index in [0.717, 1.165) is 33.2 Å². The van der Waals surface area contributed by atoms with Crippen molar-refractivity contribution in [2.45, 2.75) is 5.92 Å². The van der Waals surface area contributed by atoms with Gasteiger partial charge in [0.25, 0.3) is 5.91 Å². The van der Waals surface area contributed by atoms with Gasteiger partial charge in [0.05, 0.1) is 17.6 Å². The third kappa shape index (κ3) is 2.15. The normalized spacial score (nSPS) is 14.7. The van der Waals surface area contributed by atoms with Crippen molar-refractivity contribution in [1.82, 2.24) is 9.78 Å². The summed E-state index contributed by atoms with van der Waals surface area (Å²) in [6.45, 7) is 0. The molecule has 130 valence electrons. The molecule has 0 spiro atoms. The fourth-order valence-electron chi connectivity index (χ4n) is 3.99. The van der Waals surface area contributed by atoms with Crippen LogP contribution in [0.25, 0.3) is 22.0 Å². The maximum absolute atomic E-state index is 13.4. The lowest BCUT2D eigenvalue weighted by Gasteiger charge is -2.11. The van der Waals surface area contributed by atoms with E-state index in [2.05, 4.69) is 5.10 Å². The molecule has 1 aliphatic carbocycles. The molecule has 3 aromatic carbocycles. The summed E-state index contributed by atoms with van der Waals surface area (Å²) in [5.41, 5.74) is 10.2. The Kier molecular flexibility index (Phi) is 3.24. The smallest absolute Gasteiger partial charge is 0.279 e. The van der Waals surface area contributed by atoms with Crippen molar-refractivity contribution in [2.24, 2.45) is 5.73 Å². The first-order valence-corrected chi connectivity index (χ1v) is 8.66. The molecule has 0 radical (unpaired) electrons. The number of fused-ring (bicyclic) bond motifs is 4. The van der Waals surface area contributed by atoms with Crippen molar-refractivity contribution in [3.63, 3.8) is 0 Å². The lowest BCUT2D eigenvalue weighted by Crippen LogP contribution is -2.21. The van der Waals surface area contributed by atoms with Gasteiger partial charge in [-0.1, -0.05) is 54.6 Å². The van der Waals surface area contributed by atoms with E-state index >= 15 is 0 Å². The third-order valence-corrected chi connectivity index (χ3v) is 5.13. The quantitative estimate of drug-likeness (QED) is 0.600. The summed E-state index contributed by atoms with van der Waals surface area (Å²) in [5, 5.41) is 5.18.